The minimum Gasteiger partial charge on any atom is -0.497 e. The van der Waals surface area contributed by atoms with E-state index in [2.05, 4.69) is 15.7 Å². The molecule has 0 radical (unpaired) electrons. The van der Waals surface area contributed by atoms with Crippen molar-refractivity contribution in [2.24, 2.45) is 0 Å². The zero-order valence-corrected chi connectivity index (χ0v) is 36.2. The van der Waals surface area contributed by atoms with Crippen LogP contribution >= 0.6 is 8.53 Å². The van der Waals surface area contributed by atoms with Gasteiger partial charge in [-0.05, 0) is 68.7 Å². The lowest BCUT2D eigenvalue weighted by Crippen LogP contribution is -2.39. The van der Waals surface area contributed by atoms with Crippen LogP contribution < -0.4 is 26.0 Å². The van der Waals surface area contributed by atoms with Crippen LogP contribution in [0.5, 0.6) is 11.5 Å². The van der Waals surface area contributed by atoms with E-state index in [-0.39, 0.29) is 43.7 Å². The summed E-state index contributed by atoms with van der Waals surface area (Å²) in [5.74, 6) is -0.866. The Morgan fingerprint density at radius 1 is 0.968 bits per heavy atom. The summed E-state index contributed by atoms with van der Waals surface area (Å²) in [7, 11) is 1.34. The highest BCUT2D eigenvalue weighted by Crippen LogP contribution is 2.50. The molecule has 1 unspecified atom stereocenters. The Balaban J connectivity index is 1.59. The van der Waals surface area contributed by atoms with Gasteiger partial charge in [-0.3, -0.25) is 19.1 Å². The van der Waals surface area contributed by atoms with Crippen molar-refractivity contribution in [1.82, 2.24) is 19.5 Å². The van der Waals surface area contributed by atoms with Gasteiger partial charge in [0.1, 0.15) is 29.4 Å². The average Bonchev–Trinajstić information content (AvgIpc) is 3.65. The number of hydrogen-bond acceptors (Lipinski definition) is 11. The number of alkyl halides is 3. The van der Waals surface area contributed by atoms with Crippen LogP contribution in [0.15, 0.2) is 101 Å². The van der Waals surface area contributed by atoms with E-state index in [0.717, 1.165) is 22.8 Å². The largest absolute Gasteiger partial charge is 0.497 e. The summed E-state index contributed by atoms with van der Waals surface area (Å²) >= 11 is 0. The lowest BCUT2D eigenvalue weighted by Gasteiger charge is -2.39. The van der Waals surface area contributed by atoms with E-state index in [1.54, 1.807) is 19.5 Å². The molecule has 0 bridgehead atoms. The van der Waals surface area contributed by atoms with Crippen molar-refractivity contribution in [3.63, 3.8) is 0 Å². The summed E-state index contributed by atoms with van der Waals surface area (Å²) in [5, 5.41) is 11.1. The molecular formula is C44H51F3N5O9P. The predicted octanol–water partition coefficient (Wildman–Crippen LogP) is 7.20. The first-order valence-electron chi connectivity index (χ1n) is 19.9. The average molecular weight is 882 g/mol. The fourth-order valence-corrected chi connectivity index (χ4v) is 8.85. The number of carbonyl (C=O) groups is 1. The first-order chi connectivity index (χ1) is 29.6. The van der Waals surface area contributed by atoms with Crippen molar-refractivity contribution in [2.75, 3.05) is 34.0 Å². The number of nitrogens with one attached hydrogen (secondary N) is 2. The van der Waals surface area contributed by atoms with Crippen molar-refractivity contribution in [2.45, 2.75) is 82.8 Å². The van der Waals surface area contributed by atoms with E-state index in [0.29, 0.717) is 11.5 Å². The topological polar surface area (TPSA) is 166 Å². The van der Waals surface area contributed by atoms with Gasteiger partial charge in [0.15, 0.2) is 0 Å². The minimum atomic E-state index is -5.08. The monoisotopic (exact) mass is 881 g/mol. The zero-order valence-electron chi connectivity index (χ0n) is 35.3. The van der Waals surface area contributed by atoms with Crippen LogP contribution in [0.25, 0.3) is 6.08 Å². The highest BCUT2D eigenvalue weighted by Gasteiger charge is 2.45. The van der Waals surface area contributed by atoms with Gasteiger partial charge in [-0.1, -0.05) is 66.7 Å². The number of nitrogens with zero attached hydrogens (tertiary/aromatic N) is 3. The van der Waals surface area contributed by atoms with Crippen molar-refractivity contribution in [1.29, 1.82) is 5.26 Å². The van der Waals surface area contributed by atoms with Gasteiger partial charge in [0.05, 0.1) is 51.6 Å². The lowest BCUT2D eigenvalue weighted by molar-refractivity contribution is -0.173. The molecule has 5 rings (SSSR count). The van der Waals surface area contributed by atoms with Crippen LogP contribution in [0, 0.1) is 11.3 Å². The molecule has 1 aliphatic rings. The van der Waals surface area contributed by atoms with Crippen molar-refractivity contribution < 1.29 is 46.0 Å². The number of amides is 1. The Labute approximate surface area is 359 Å². The molecule has 3 aromatic carbocycles. The summed E-state index contributed by atoms with van der Waals surface area (Å²) < 4.78 is 79.4. The van der Waals surface area contributed by atoms with Crippen molar-refractivity contribution in [3.8, 4) is 17.6 Å². The van der Waals surface area contributed by atoms with Crippen LogP contribution in [-0.4, -0.2) is 84.6 Å². The third-order valence-corrected chi connectivity index (χ3v) is 12.1. The van der Waals surface area contributed by atoms with Gasteiger partial charge in [-0.25, -0.2) is 9.46 Å². The molecule has 0 spiro atoms. The molecule has 0 saturated carbocycles. The Bertz CT molecular complexity index is 2210. The number of halogens is 3. The summed E-state index contributed by atoms with van der Waals surface area (Å²) in [6.45, 7) is 7.47. The molecule has 1 fully saturated rings. The SMILES string of the molecule is COc1ccc(C(OC[C@H]2O[C@@H](n3cc(/C=C\CNC(=O)C(F)(F)F)c(=O)[nH]c3=O)C[C@@H]2OP(OCCC#N)N(C(C)C)C(C)C)(c2ccccc2)c2ccc(OC)cc2)cc1. The summed E-state index contributed by atoms with van der Waals surface area (Å²) in [6, 6.07) is 26.7. The Morgan fingerprint density at radius 3 is 2.08 bits per heavy atom. The number of aromatic nitrogens is 2. The number of nitriles is 1. The molecule has 0 aliphatic carbocycles. The smallest absolute Gasteiger partial charge is 0.471 e. The summed E-state index contributed by atoms with van der Waals surface area (Å²) in [4.78, 5) is 39.9. The second-order valence-electron chi connectivity index (χ2n) is 14.7. The number of aromatic amines is 1. The molecule has 62 heavy (non-hydrogen) atoms. The molecule has 18 heteroatoms. The number of ether oxygens (including phenoxy) is 4. The number of carbonyl (C=O) groups excluding carboxylic acids is 1. The van der Waals surface area contributed by atoms with E-state index in [9.17, 15) is 32.8 Å². The van der Waals surface area contributed by atoms with Crippen LogP contribution in [-0.2, 0) is 28.9 Å². The molecule has 2 heterocycles. The maximum atomic E-state index is 13.5. The first kappa shape index (κ1) is 47.7. The third-order valence-electron chi connectivity index (χ3n) is 9.95. The van der Waals surface area contributed by atoms with Crippen molar-refractivity contribution in [3.05, 3.63) is 134 Å². The fraction of sp³-hybridized carbons (Fsp3) is 0.409. The number of H-pyrrole nitrogens is 1. The van der Waals surface area contributed by atoms with Gasteiger partial charge in [0, 0.05) is 31.2 Å². The lowest BCUT2D eigenvalue weighted by atomic mass is 9.80. The van der Waals surface area contributed by atoms with Gasteiger partial charge in [-0.2, -0.15) is 18.4 Å². The number of benzene rings is 3. The standard InChI is InChI=1S/C44H51F3N5O9P/c1-29(2)52(30(3)4)62(59-25-11-23-48)61-37-26-39(51-27-31(40(53)50-42(51)55)12-10-24-49-41(54)44(45,46)47)60-38(37)28-58-43(32-13-8-7-9-14-32,33-15-19-35(56-5)20-16-33)34-17-21-36(57-6)22-18-34/h7-10,12-22,27,29-30,37-39H,11,24-26,28H2,1-6H3,(H,49,54)(H,50,53,55)/b12-10-/t37-,38+,39+,62?/m0/s1. The van der Waals surface area contributed by atoms with Gasteiger partial charge < -0.3 is 33.3 Å². The Morgan fingerprint density at radius 2 is 1.55 bits per heavy atom. The molecule has 1 saturated heterocycles. The molecule has 1 aromatic heterocycles. The molecule has 2 N–H and O–H groups in total. The van der Waals surface area contributed by atoms with E-state index in [4.69, 9.17) is 28.0 Å². The highest BCUT2D eigenvalue weighted by molar-refractivity contribution is 7.44. The highest BCUT2D eigenvalue weighted by atomic mass is 31.2. The maximum Gasteiger partial charge on any atom is 0.471 e. The van der Waals surface area contributed by atoms with E-state index < -0.39 is 62.4 Å². The quantitative estimate of drug-likeness (QED) is 0.0524. The second kappa shape index (κ2) is 21.6. The van der Waals surface area contributed by atoms with Gasteiger partial charge in [-0.15, -0.1) is 0 Å². The minimum absolute atomic E-state index is 0.0380. The van der Waals surface area contributed by atoms with Crippen molar-refractivity contribution >= 4 is 20.5 Å². The summed E-state index contributed by atoms with van der Waals surface area (Å²) in [5.41, 5.74) is -0.645. The van der Waals surface area contributed by atoms with E-state index in [1.807, 2.05) is 107 Å². The third kappa shape index (κ3) is 11.6. The molecule has 332 valence electrons. The predicted molar refractivity (Wildman–Crippen MR) is 226 cm³/mol. The van der Waals surface area contributed by atoms with Gasteiger partial charge in [0.2, 0.25) is 0 Å². The van der Waals surface area contributed by atoms with Crippen LogP contribution in [0.2, 0.25) is 0 Å². The first-order valence-corrected chi connectivity index (χ1v) is 21.0. The molecule has 4 aromatic rings. The number of methoxy groups -OCH3 is 2. The molecule has 1 aliphatic heterocycles. The molecule has 4 atom stereocenters. The Kier molecular flexibility index (Phi) is 16.7. The van der Waals surface area contributed by atoms with Crippen LogP contribution in [0.1, 0.15) is 69.0 Å². The fourth-order valence-electron chi connectivity index (χ4n) is 7.10. The second-order valence-corrected chi connectivity index (χ2v) is 16.1. The molecule has 1 amide bonds. The normalized spacial score (nSPS) is 17.4. The van der Waals surface area contributed by atoms with E-state index >= 15 is 0 Å². The Hall–Kier alpha value is -5.34. The van der Waals surface area contributed by atoms with Crippen LogP contribution in [0.3, 0.4) is 0 Å². The maximum absolute atomic E-state index is 13.5. The number of hydrogen-bond donors (Lipinski definition) is 2. The van der Waals surface area contributed by atoms with Crippen LogP contribution in [0.4, 0.5) is 13.2 Å². The number of rotatable bonds is 20. The zero-order chi connectivity index (χ0) is 45.0. The summed E-state index contributed by atoms with van der Waals surface area (Å²) in [6.07, 6.45) is -4.01. The molecule has 14 nitrogen and oxygen atoms in total. The van der Waals surface area contributed by atoms with Gasteiger partial charge in [0.25, 0.3) is 14.1 Å². The molecular weight excluding hydrogens is 830 g/mol. The van der Waals surface area contributed by atoms with E-state index in [1.165, 1.54) is 16.8 Å². The van der Waals surface area contributed by atoms with Gasteiger partial charge >= 0.3 is 17.8 Å².